The van der Waals surface area contributed by atoms with E-state index < -0.39 is 0 Å². The molecule has 2 aromatic rings. The van der Waals surface area contributed by atoms with E-state index in [1.54, 1.807) is 30.3 Å². The number of hydrogen-bond acceptors (Lipinski definition) is 5. The number of carbonyl (C=O) groups excluding carboxylic acids is 1. The van der Waals surface area contributed by atoms with Crippen LogP contribution in [0, 0.1) is 0 Å². The number of unbranched alkanes of at least 4 members (excludes halogenated alkanes) is 1. The molecular formula is C20H22ClNO5. The topological polar surface area (TPSA) is 66.0 Å². The van der Waals surface area contributed by atoms with Crippen molar-refractivity contribution in [3.63, 3.8) is 0 Å². The van der Waals surface area contributed by atoms with E-state index >= 15 is 0 Å². The molecule has 3 rings (SSSR count). The number of ether oxygens (including phenoxy) is 4. The lowest BCUT2D eigenvalue weighted by molar-refractivity contribution is 0.102. The van der Waals surface area contributed by atoms with Crippen LogP contribution in [0.4, 0.5) is 5.69 Å². The van der Waals surface area contributed by atoms with E-state index in [1.165, 1.54) is 0 Å². The number of hydrogen-bond donors (Lipinski definition) is 1. The second-order valence-corrected chi connectivity index (χ2v) is 6.35. The molecule has 0 bridgehead atoms. The van der Waals surface area contributed by atoms with E-state index in [9.17, 15) is 4.79 Å². The third-order valence-electron chi connectivity index (χ3n) is 3.95. The van der Waals surface area contributed by atoms with Gasteiger partial charge in [-0.15, -0.1) is 0 Å². The van der Waals surface area contributed by atoms with Gasteiger partial charge in [-0.25, -0.2) is 0 Å². The first-order valence-electron chi connectivity index (χ1n) is 8.92. The summed E-state index contributed by atoms with van der Waals surface area (Å²) in [6.45, 7) is 5.10. The van der Waals surface area contributed by atoms with Gasteiger partial charge in [0.05, 0.1) is 18.2 Å². The zero-order chi connectivity index (χ0) is 19.2. The Kier molecular flexibility index (Phi) is 6.29. The van der Waals surface area contributed by atoms with Gasteiger partial charge >= 0.3 is 0 Å². The van der Waals surface area contributed by atoms with Gasteiger partial charge in [0.2, 0.25) is 6.79 Å². The molecule has 0 saturated heterocycles. The third-order valence-corrected chi connectivity index (χ3v) is 4.23. The van der Waals surface area contributed by atoms with Gasteiger partial charge in [-0.2, -0.15) is 0 Å². The van der Waals surface area contributed by atoms with Gasteiger partial charge in [0.1, 0.15) is 0 Å². The molecule has 6 nitrogen and oxygen atoms in total. The van der Waals surface area contributed by atoms with Gasteiger partial charge < -0.3 is 24.3 Å². The molecule has 1 aliphatic heterocycles. The molecule has 7 heteroatoms. The summed E-state index contributed by atoms with van der Waals surface area (Å²) in [6, 6.07) is 8.43. The molecule has 0 aliphatic carbocycles. The molecular weight excluding hydrogens is 370 g/mol. The van der Waals surface area contributed by atoms with Gasteiger partial charge in [-0.1, -0.05) is 24.9 Å². The van der Waals surface area contributed by atoms with E-state index in [0.29, 0.717) is 52.5 Å². The number of halogens is 1. The Labute approximate surface area is 163 Å². The maximum absolute atomic E-state index is 12.7. The van der Waals surface area contributed by atoms with Crippen LogP contribution >= 0.6 is 11.6 Å². The van der Waals surface area contributed by atoms with Crippen molar-refractivity contribution in [2.45, 2.75) is 26.7 Å². The number of benzene rings is 2. The third kappa shape index (κ3) is 4.57. The summed E-state index contributed by atoms with van der Waals surface area (Å²) in [5.74, 6) is 1.86. The number of fused-ring (bicyclic) bond motifs is 1. The summed E-state index contributed by atoms with van der Waals surface area (Å²) in [4.78, 5) is 12.7. The van der Waals surface area contributed by atoms with Crippen molar-refractivity contribution in [2.24, 2.45) is 0 Å². The van der Waals surface area contributed by atoms with E-state index in [2.05, 4.69) is 12.2 Å². The van der Waals surface area contributed by atoms with E-state index in [1.807, 2.05) is 6.92 Å². The highest BCUT2D eigenvalue weighted by molar-refractivity contribution is 6.32. The molecule has 0 radical (unpaired) electrons. The smallest absolute Gasteiger partial charge is 0.255 e. The molecule has 0 aromatic heterocycles. The monoisotopic (exact) mass is 391 g/mol. The number of nitrogens with one attached hydrogen (secondary N) is 1. The van der Waals surface area contributed by atoms with Crippen molar-refractivity contribution < 1.29 is 23.7 Å². The van der Waals surface area contributed by atoms with Crippen molar-refractivity contribution in [2.75, 3.05) is 25.3 Å². The highest BCUT2D eigenvalue weighted by Gasteiger charge is 2.18. The van der Waals surface area contributed by atoms with E-state index in [4.69, 9.17) is 30.5 Å². The van der Waals surface area contributed by atoms with E-state index in [-0.39, 0.29) is 12.7 Å². The molecule has 0 atom stereocenters. The Morgan fingerprint density at radius 2 is 1.96 bits per heavy atom. The maximum Gasteiger partial charge on any atom is 0.255 e. The number of anilines is 1. The van der Waals surface area contributed by atoms with Crippen LogP contribution in [0.15, 0.2) is 30.3 Å². The fraction of sp³-hybridized carbons (Fsp3) is 0.350. The molecule has 0 unspecified atom stereocenters. The lowest BCUT2D eigenvalue weighted by Crippen LogP contribution is -2.13. The van der Waals surface area contributed by atoms with Crippen molar-refractivity contribution in [3.8, 4) is 23.0 Å². The molecule has 1 aliphatic rings. The van der Waals surface area contributed by atoms with Crippen LogP contribution in [0.2, 0.25) is 5.02 Å². The fourth-order valence-corrected chi connectivity index (χ4v) is 2.86. The lowest BCUT2D eigenvalue weighted by atomic mass is 10.1. The summed E-state index contributed by atoms with van der Waals surface area (Å²) in [6.07, 6.45) is 1.92. The zero-order valence-corrected chi connectivity index (χ0v) is 16.1. The second kappa shape index (κ2) is 8.86. The Morgan fingerprint density at radius 1 is 1.15 bits per heavy atom. The predicted octanol–water partition coefficient (Wildman–Crippen LogP) is 4.90. The van der Waals surface area contributed by atoms with Gasteiger partial charge in [0, 0.05) is 17.3 Å². The largest absolute Gasteiger partial charge is 0.490 e. The Hall–Kier alpha value is -2.60. The maximum atomic E-state index is 12.7. The number of amides is 1. The normalized spacial score (nSPS) is 12.0. The molecule has 0 fully saturated rings. The minimum absolute atomic E-state index is 0.180. The molecule has 0 saturated carbocycles. The molecule has 1 N–H and O–H groups in total. The van der Waals surface area contributed by atoms with Crippen LogP contribution in [-0.2, 0) is 0 Å². The molecule has 144 valence electrons. The van der Waals surface area contributed by atoms with Crippen LogP contribution in [0.1, 0.15) is 37.0 Å². The minimum atomic E-state index is -0.308. The van der Waals surface area contributed by atoms with Crippen LogP contribution in [0.3, 0.4) is 0 Å². The van der Waals surface area contributed by atoms with Crippen LogP contribution < -0.4 is 24.3 Å². The van der Waals surface area contributed by atoms with Crippen LogP contribution in [0.5, 0.6) is 23.0 Å². The van der Waals surface area contributed by atoms with Crippen LogP contribution in [0.25, 0.3) is 0 Å². The van der Waals surface area contributed by atoms with Gasteiger partial charge in [0.25, 0.3) is 5.91 Å². The molecule has 2 aromatic carbocycles. The summed E-state index contributed by atoms with van der Waals surface area (Å²) >= 11 is 6.35. The van der Waals surface area contributed by atoms with Crippen molar-refractivity contribution in [1.82, 2.24) is 0 Å². The quantitative estimate of drug-likeness (QED) is 0.648. The second-order valence-electron chi connectivity index (χ2n) is 5.94. The molecule has 1 heterocycles. The Bertz CT molecular complexity index is 824. The predicted molar refractivity (Wildman–Crippen MR) is 104 cm³/mol. The first-order valence-corrected chi connectivity index (χ1v) is 9.30. The van der Waals surface area contributed by atoms with Gasteiger partial charge in [-0.05, 0) is 37.6 Å². The van der Waals surface area contributed by atoms with Gasteiger partial charge in [0.15, 0.2) is 23.0 Å². The highest BCUT2D eigenvalue weighted by atomic mass is 35.5. The lowest BCUT2D eigenvalue weighted by Gasteiger charge is -2.15. The number of rotatable bonds is 8. The zero-order valence-electron chi connectivity index (χ0n) is 15.3. The standard InChI is InChI=1S/C20H22ClNO5/c1-3-5-8-25-19-15(21)9-13(10-18(19)24-4-2)20(23)22-14-6-7-16-17(11-14)27-12-26-16/h6-7,9-11H,3-5,8,12H2,1-2H3,(H,22,23). The average molecular weight is 392 g/mol. The molecule has 1 amide bonds. The van der Waals surface area contributed by atoms with E-state index in [0.717, 1.165) is 12.8 Å². The van der Waals surface area contributed by atoms with Crippen LogP contribution in [-0.4, -0.2) is 25.9 Å². The Morgan fingerprint density at radius 3 is 2.74 bits per heavy atom. The number of carbonyl (C=O) groups is 1. The summed E-state index contributed by atoms with van der Waals surface area (Å²) in [7, 11) is 0. The van der Waals surface area contributed by atoms with Crippen molar-refractivity contribution in [3.05, 3.63) is 40.9 Å². The average Bonchev–Trinajstić information content (AvgIpc) is 3.11. The first-order chi connectivity index (χ1) is 13.1. The minimum Gasteiger partial charge on any atom is -0.490 e. The summed E-state index contributed by atoms with van der Waals surface area (Å²) in [5.41, 5.74) is 0.977. The van der Waals surface area contributed by atoms with Crippen molar-refractivity contribution >= 4 is 23.2 Å². The SMILES string of the molecule is CCCCOc1c(Cl)cc(C(=O)Nc2ccc3c(c2)OCO3)cc1OCC. The Balaban J connectivity index is 1.79. The van der Waals surface area contributed by atoms with Gasteiger partial charge in [-0.3, -0.25) is 4.79 Å². The fourth-order valence-electron chi connectivity index (χ4n) is 2.60. The highest BCUT2D eigenvalue weighted by Crippen LogP contribution is 2.38. The van der Waals surface area contributed by atoms with Crippen molar-refractivity contribution in [1.29, 1.82) is 0 Å². The molecule has 0 spiro atoms. The summed E-state index contributed by atoms with van der Waals surface area (Å²) < 4.78 is 22.0. The molecule has 27 heavy (non-hydrogen) atoms. The first kappa shape index (κ1) is 19.2. The summed E-state index contributed by atoms with van der Waals surface area (Å²) in [5, 5.41) is 3.17.